The molecule has 0 aliphatic carbocycles. The van der Waals surface area contributed by atoms with Crippen LogP contribution in [0.5, 0.6) is 0 Å². The fourth-order valence-electron chi connectivity index (χ4n) is 1.34. The van der Waals surface area contributed by atoms with Crippen LogP contribution >= 0.6 is 0 Å². The number of halogens is 4. The van der Waals surface area contributed by atoms with Crippen LogP contribution < -0.4 is 4.72 Å². The van der Waals surface area contributed by atoms with Gasteiger partial charge in [-0.25, -0.2) is 4.39 Å². The average molecular weight is 314 g/mol. The van der Waals surface area contributed by atoms with E-state index in [1.807, 2.05) is 0 Å². The standard InChI is InChI=1S/C13H17F4NOS/c1-8(18-20(19)12(2,3)4)9-6-5-7-10(11(9)14)13(15,16)17/h5-8,18H,1-4H3/t8-,20?/m1/s1/i1D3. The number of alkyl halides is 3. The molecule has 1 rings (SSSR count). The van der Waals surface area contributed by atoms with Crippen LogP contribution in [0.25, 0.3) is 0 Å². The molecule has 7 heteroatoms. The molecule has 20 heavy (non-hydrogen) atoms. The molecule has 2 nitrogen and oxygen atoms in total. The molecule has 0 saturated heterocycles. The number of nitrogens with one attached hydrogen (secondary N) is 1. The fraction of sp³-hybridized carbons (Fsp3) is 0.538. The maximum atomic E-state index is 14.2. The van der Waals surface area contributed by atoms with Crippen LogP contribution in [0, 0.1) is 5.82 Å². The van der Waals surface area contributed by atoms with E-state index in [0.29, 0.717) is 6.07 Å². The van der Waals surface area contributed by atoms with E-state index >= 15 is 0 Å². The minimum absolute atomic E-state index is 0.524. The van der Waals surface area contributed by atoms with E-state index in [1.165, 1.54) is 0 Å². The third-order valence-electron chi connectivity index (χ3n) is 2.43. The van der Waals surface area contributed by atoms with Crippen LogP contribution in [0.2, 0.25) is 0 Å². The van der Waals surface area contributed by atoms with Gasteiger partial charge in [-0.1, -0.05) is 12.1 Å². The zero-order valence-corrected chi connectivity index (χ0v) is 12.0. The Morgan fingerprint density at radius 3 is 2.35 bits per heavy atom. The summed E-state index contributed by atoms with van der Waals surface area (Å²) in [4.78, 5) is 0. The summed E-state index contributed by atoms with van der Waals surface area (Å²) in [5.41, 5.74) is -2.26. The highest BCUT2D eigenvalue weighted by molar-refractivity contribution is 7.90. The van der Waals surface area contributed by atoms with Gasteiger partial charge in [0.2, 0.25) is 0 Å². The topological polar surface area (TPSA) is 35.1 Å². The van der Waals surface area contributed by atoms with Crippen molar-refractivity contribution < 1.29 is 26.2 Å². The van der Waals surface area contributed by atoms with Crippen molar-refractivity contribution in [2.75, 3.05) is 0 Å². The number of benzene rings is 1. The number of hydrogen-bond donors (Lipinski definition) is 1. The van der Waals surface area contributed by atoms with Gasteiger partial charge in [0.15, 0.2) is 0 Å². The maximum Gasteiger partial charge on any atom is 0.419 e. The van der Waals surface area contributed by atoms with Crippen LogP contribution in [0.15, 0.2) is 18.2 Å². The molecule has 2 atom stereocenters. The van der Waals surface area contributed by atoms with E-state index in [0.717, 1.165) is 12.1 Å². The van der Waals surface area contributed by atoms with Crippen molar-refractivity contribution in [3.63, 3.8) is 0 Å². The van der Waals surface area contributed by atoms with Gasteiger partial charge in [-0.05, 0) is 33.7 Å². The predicted molar refractivity (Wildman–Crippen MR) is 70.8 cm³/mol. The molecule has 114 valence electrons. The van der Waals surface area contributed by atoms with Gasteiger partial charge in [0.05, 0.1) is 11.6 Å². The summed E-state index contributed by atoms with van der Waals surface area (Å²) >= 11 is -1.91. The zero-order valence-electron chi connectivity index (χ0n) is 14.1. The van der Waals surface area contributed by atoms with Crippen molar-refractivity contribution in [3.05, 3.63) is 35.1 Å². The highest BCUT2D eigenvalue weighted by Gasteiger charge is 2.36. The van der Waals surface area contributed by atoms with Crippen molar-refractivity contribution in [2.24, 2.45) is 0 Å². The van der Waals surface area contributed by atoms with Gasteiger partial charge >= 0.3 is 6.18 Å². The van der Waals surface area contributed by atoms with Gasteiger partial charge in [0, 0.05) is 21.0 Å². The van der Waals surface area contributed by atoms with E-state index in [1.54, 1.807) is 20.8 Å². The lowest BCUT2D eigenvalue weighted by Crippen LogP contribution is -2.40. The fourth-order valence-corrected chi connectivity index (χ4v) is 2.03. The van der Waals surface area contributed by atoms with Gasteiger partial charge in [-0.15, -0.1) is 4.72 Å². The third-order valence-corrected chi connectivity index (χ3v) is 3.99. The van der Waals surface area contributed by atoms with Crippen LogP contribution in [0.3, 0.4) is 0 Å². The number of hydrogen-bond acceptors (Lipinski definition) is 2. The zero-order chi connectivity index (χ0) is 18.2. The van der Waals surface area contributed by atoms with Gasteiger partial charge in [-0.3, -0.25) is 0 Å². The first-order valence-electron chi connectivity index (χ1n) is 7.19. The largest absolute Gasteiger partial charge is 0.598 e. The Morgan fingerprint density at radius 2 is 1.90 bits per heavy atom. The molecule has 0 bridgehead atoms. The molecule has 0 aromatic heterocycles. The molecule has 1 N–H and O–H groups in total. The quantitative estimate of drug-likeness (QED) is 0.677. The normalized spacial score (nSPS) is 18.9. The molecule has 0 spiro atoms. The van der Waals surface area contributed by atoms with Gasteiger partial charge < -0.3 is 4.55 Å². The first-order chi connectivity index (χ1) is 10.2. The second-order valence-electron chi connectivity index (χ2n) is 5.14. The van der Waals surface area contributed by atoms with E-state index < -0.39 is 52.1 Å². The first-order valence-corrected chi connectivity index (χ1v) is 6.84. The number of rotatable bonds is 3. The highest BCUT2D eigenvalue weighted by atomic mass is 32.2. The van der Waals surface area contributed by atoms with E-state index in [4.69, 9.17) is 4.11 Å². The van der Waals surface area contributed by atoms with Gasteiger partial charge in [-0.2, -0.15) is 13.2 Å². The minimum atomic E-state index is -4.96. The third kappa shape index (κ3) is 4.10. The lowest BCUT2D eigenvalue weighted by molar-refractivity contribution is -0.140. The van der Waals surface area contributed by atoms with Crippen molar-refractivity contribution in [1.29, 1.82) is 0 Å². The summed E-state index contributed by atoms with van der Waals surface area (Å²) in [7, 11) is 0. The van der Waals surface area contributed by atoms with Crippen LogP contribution in [0.1, 0.15) is 48.9 Å². The van der Waals surface area contributed by atoms with Crippen molar-refractivity contribution in [2.45, 2.75) is 44.6 Å². The summed E-state index contributed by atoms with van der Waals surface area (Å²) in [5, 5.41) is 0. The van der Waals surface area contributed by atoms with E-state index in [2.05, 4.69) is 4.72 Å². The van der Waals surface area contributed by atoms with Crippen molar-refractivity contribution in [3.8, 4) is 0 Å². The van der Waals surface area contributed by atoms with Crippen LogP contribution in [-0.4, -0.2) is 9.30 Å². The smallest absolute Gasteiger partial charge is 0.419 e. The Morgan fingerprint density at radius 1 is 1.30 bits per heavy atom. The second-order valence-corrected chi connectivity index (χ2v) is 7.14. The average Bonchev–Trinajstić information content (AvgIpc) is 2.32. The Kier molecular flexibility index (Phi) is 3.82. The lowest BCUT2D eigenvalue weighted by Gasteiger charge is -2.27. The molecular formula is C13H17F4NOS. The molecule has 0 amide bonds. The molecular weight excluding hydrogens is 294 g/mol. The molecule has 0 radical (unpaired) electrons. The van der Waals surface area contributed by atoms with Gasteiger partial charge in [0.1, 0.15) is 10.6 Å². The molecule has 0 aliphatic heterocycles. The predicted octanol–water partition coefficient (Wildman–Crippen LogP) is 3.96. The molecule has 0 aliphatic rings. The van der Waals surface area contributed by atoms with Crippen molar-refractivity contribution >= 4 is 11.4 Å². The Balaban J connectivity index is 3.36. The summed E-state index contributed by atoms with van der Waals surface area (Å²) in [6, 6.07) is 0.552. The molecule has 0 fully saturated rings. The Bertz CT molecular complexity index is 558. The summed E-state index contributed by atoms with van der Waals surface area (Å²) in [5.74, 6) is -1.68. The molecule has 1 aromatic carbocycles. The van der Waals surface area contributed by atoms with Crippen LogP contribution in [0.4, 0.5) is 17.6 Å². The van der Waals surface area contributed by atoms with Crippen molar-refractivity contribution in [1.82, 2.24) is 4.72 Å². The summed E-state index contributed by atoms with van der Waals surface area (Å²) < 4.78 is 88.3. The van der Waals surface area contributed by atoms with E-state index in [9.17, 15) is 22.1 Å². The Hall–Kier alpha value is -0.790. The lowest BCUT2D eigenvalue weighted by atomic mass is 10.0. The summed E-state index contributed by atoms with van der Waals surface area (Å²) in [6.45, 7) is 1.77. The Labute approximate surface area is 123 Å². The van der Waals surface area contributed by atoms with E-state index in [-0.39, 0.29) is 0 Å². The molecule has 1 aromatic rings. The summed E-state index contributed by atoms with van der Waals surface area (Å²) in [6.07, 6.45) is -4.96. The molecule has 0 heterocycles. The van der Waals surface area contributed by atoms with Crippen LogP contribution in [-0.2, 0) is 17.5 Å². The molecule has 1 unspecified atom stereocenters. The minimum Gasteiger partial charge on any atom is -0.598 e. The highest BCUT2D eigenvalue weighted by Crippen LogP contribution is 2.34. The van der Waals surface area contributed by atoms with Gasteiger partial charge in [0.25, 0.3) is 0 Å². The monoisotopic (exact) mass is 314 g/mol. The second kappa shape index (κ2) is 5.91. The SMILES string of the molecule is [2H]C([2H])([2H])[C@@H](N[S+]([O-])C(C)(C)C)c1cccc(C(F)(F)F)c1F. The molecule has 0 saturated carbocycles. The maximum absolute atomic E-state index is 14.2. The first kappa shape index (κ1) is 12.9.